The molecule has 2 atom stereocenters. The molecule has 0 bridgehead atoms. The third-order valence-corrected chi connectivity index (χ3v) is 3.45. The molecule has 106 valence electrons. The van der Waals surface area contributed by atoms with E-state index in [1.54, 1.807) is 0 Å². The number of ether oxygens (including phenoxy) is 2. The highest BCUT2D eigenvalue weighted by atomic mass is 16.5. The zero-order valence-corrected chi connectivity index (χ0v) is 11.7. The summed E-state index contributed by atoms with van der Waals surface area (Å²) in [6, 6.07) is 6.19. The predicted octanol–water partition coefficient (Wildman–Crippen LogP) is 2.27. The van der Waals surface area contributed by atoms with E-state index in [-0.39, 0.29) is 12.6 Å². The minimum Gasteiger partial charge on any atom is -0.490 e. The zero-order chi connectivity index (χ0) is 13.7. The third-order valence-electron chi connectivity index (χ3n) is 3.45. The number of hydrogen-bond acceptors (Lipinski definition) is 4. The Balaban J connectivity index is 2.16. The Hall–Kier alpha value is -1.26. The van der Waals surface area contributed by atoms with Crippen molar-refractivity contribution in [3.8, 4) is 11.5 Å². The molecular formula is C15H23NO3. The van der Waals surface area contributed by atoms with Gasteiger partial charge in [-0.15, -0.1) is 0 Å². The predicted molar refractivity (Wildman–Crippen MR) is 74.8 cm³/mol. The molecule has 0 fully saturated rings. The van der Waals surface area contributed by atoms with Crippen LogP contribution in [0, 0.1) is 0 Å². The molecule has 0 spiro atoms. The van der Waals surface area contributed by atoms with Crippen LogP contribution < -0.4 is 14.8 Å². The van der Waals surface area contributed by atoms with Gasteiger partial charge in [0, 0.05) is 12.5 Å². The third kappa shape index (κ3) is 3.61. The molecule has 0 aromatic heterocycles. The summed E-state index contributed by atoms with van der Waals surface area (Å²) in [5.41, 5.74) is 1.03. The van der Waals surface area contributed by atoms with E-state index in [0.717, 1.165) is 29.9 Å². The molecule has 1 heterocycles. The maximum atomic E-state index is 9.55. The fourth-order valence-corrected chi connectivity index (χ4v) is 2.11. The van der Waals surface area contributed by atoms with E-state index in [0.29, 0.717) is 19.3 Å². The van der Waals surface area contributed by atoms with Gasteiger partial charge in [0.1, 0.15) is 0 Å². The average Bonchev–Trinajstić information content (AvgIpc) is 2.68. The van der Waals surface area contributed by atoms with Crippen molar-refractivity contribution in [3.05, 3.63) is 23.8 Å². The molecule has 1 aliphatic heterocycles. The van der Waals surface area contributed by atoms with E-state index < -0.39 is 0 Å². The number of aliphatic hydroxyl groups excluding tert-OH is 1. The molecule has 1 aliphatic rings. The van der Waals surface area contributed by atoms with Crippen LogP contribution in [0.3, 0.4) is 0 Å². The van der Waals surface area contributed by atoms with Gasteiger partial charge in [-0.05, 0) is 31.0 Å². The van der Waals surface area contributed by atoms with Crippen molar-refractivity contribution in [2.45, 2.75) is 38.8 Å². The van der Waals surface area contributed by atoms with Gasteiger partial charge in [-0.1, -0.05) is 13.0 Å². The maximum absolute atomic E-state index is 9.55. The van der Waals surface area contributed by atoms with Gasteiger partial charge >= 0.3 is 0 Å². The van der Waals surface area contributed by atoms with Gasteiger partial charge in [-0.3, -0.25) is 0 Å². The topological polar surface area (TPSA) is 50.7 Å². The molecule has 1 aromatic carbocycles. The first-order valence-electron chi connectivity index (χ1n) is 7.01. The van der Waals surface area contributed by atoms with Crippen LogP contribution in [0.2, 0.25) is 0 Å². The van der Waals surface area contributed by atoms with Crippen LogP contribution in [0.25, 0.3) is 0 Å². The molecular weight excluding hydrogens is 242 g/mol. The van der Waals surface area contributed by atoms with Crippen molar-refractivity contribution < 1.29 is 14.6 Å². The summed E-state index contributed by atoms with van der Waals surface area (Å²) in [5, 5.41) is 13.0. The molecule has 4 nitrogen and oxygen atoms in total. The number of hydrogen-bond donors (Lipinski definition) is 2. The first kappa shape index (κ1) is 14.2. The summed E-state index contributed by atoms with van der Waals surface area (Å²) in [5.74, 6) is 1.57. The highest BCUT2D eigenvalue weighted by Crippen LogP contribution is 2.32. The number of fused-ring (bicyclic) bond motifs is 1. The van der Waals surface area contributed by atoms with Gasteiger partial charge in [-0.25, -0.2) is 0 Å². The number of rotatable bonds is 5. The van der Waals surface area contributed by atoms with Crippen molar-refractivity contribution >= 4 is 0 Å². The monoisotopic (exact) mass is 265 g/mol. The smallest absolute Gasteiger partial charge is 0.161 e. The number of benzene rings is 1. The van der Waals surface area contributed by atoms with E-state index in [2.05, 4.69) is 19.2 Å². The van der Waals surface area contributed by atoms with E-state index in [1.165, 1.54) is 0 Å². The molecule has 2 N–H and O–H groups in total. The van der Waals surface area contributed by atoms with E-state index in [1.807, 2.05) is 18.2 Å². The molecule has 0 aliphatic carbocycles. The Morgan fingerprint density at radius 1 is 1.26 bits per heavy atom. The van der Waals surface area contributed by atoms with Crippen molar-refractivity contribution in [2.24, 2.45) is 0 Å². The van der Waals surface area contributed by atoms with Gasteiger partial charge in [0.05, 0.1) is 25.9 Å². The molecule has 2 rings (SSSR count). The Bertz CT molecular complexity index is 408. The lowest BCUT2D eigenvalue weighted by molar-refractivity contribution is 0.233. The molecule has 19 heavy (non-hydrogen) atoms. The second-order valence-corrected chi connectivity index (χ2v) is 4.97. The molecule has 0 amide bonds. The minimum absolute atomic E-state index is 0.0629. The van der Waals surface area contributed by atoms with E-state index in [4.69, 9.17) is 9.47 Å². The quantitative estimate of drug-likeness (QED) is 0.857. The molecule has 0 radical (unpaired) electrons. The van der Waals surface area contributed by atoms with Crippen molar-refractivity contribution in [1.82, 2.24) is 5.32 Å². The van der Waals surface area contributed by atoms with Crippen LogP contribution in [0.5, 0.6) is 11.5 Å². The Morgan fingerprint density at radius 2 is 2.00 bits per heavy atom. The lowest BCUT2D eigenvalue weighted by Gasteiger charge is -2.22. The minimum atomic E-state index is -0.0629. The summed E-state index contributed by atoms with van der Waals surface area (Å²) < 4.78 is 11.3. The van der Waals surface area contributed by atoms with Crippen molar-refractivity contribution in [1.29, 1.82) is 0 Å². The molecule has 0 saturated carbocycles. The number of nitrogens with one attached hydrogen (secondary N) is 1. The fraction of sp³-hybridized carbons (Fsp3) is 0.600. The molecule has 0 saturated heterocycles. The average molecular weight is 265 g/mol. The highest BCUT2D eigenvalue weighted by Gasteiger charge is 2.16. The number of aliphatic hydroxyl groups is 1. The van der Waals surface area contributed by atoms with Crippen molar-refractivity contribution in [2.75, 3.05) is 19.8 Å². The van der Waals surface area contributed by atoms with Gasteiger partial charge < -0.3 is 19.9 Å². The summed E-state index contributed by atoms with van der Waals surface area (Å²) in [4.78, 5) is 0. The first-order valence-corrected chi connectivity index (χ1v) is 7.01. The fourth-order valence-electron chi connectivity index (χ4n) is 2.11. The van der Waals surface area contributed by atoms with Gasteiger partial charge in [0.25, 0.3) is 0 Å². The van der Waals surface area contributed by atoms with Crippen LogP contribution in [0.15, 0.2) is 18.2 Å². The maximum Gasteiger partial charge on any atom is 0.161 e. The Kier molecular flexibility index (Phi) is 5.05. The summed E-state index contributed by atoms with van der Waals surface area (Å²) in [6.07, 6.45) is 1.93. The Morgan fingerprint density at radius 3 is 2.68 bits per heavy atom. The normalized spacial score (nSPS) is 17.6. The summed E-state index contributed by atoms with van der Waals surface area (Å²) in [7, 11) is 0. The van der Waals surface area contributed by atoms with Crippen LogP contribution >= 0.6 is 0 Å². The molecule has 4 heteroatoms. The van der Waals surface area contributed by atoms with Crippen LogP contribution in [-0.4, -0.2) is 31.0 Å². The SMILES string of the molecule is CCC(C)NC(CO)c1ccc2c(c1)OCCCO2. The highest BCUT2D eigenvalue weighted by molar-refractivity contribution is 5.44. The lowest BCUT2D eigenvalue weighted by Crippen LogP contribution is -2.32. The van der Waals surface area contributed by atoms with Crippen LogP contribution in [-0.2, 0) is 0 Å². The van der Waals surface area contributed by atoms with E-state index >= 15 is 0 Å². The second kappa shape index (κ2) is 6.78. The summed E-state index contributed by atoms with van der Waals surface area (Å²) >= 11 is 0. The van der Waals surface area contributed by atoms with E-state index in [9.17, 15) is 5.11 Å². The molecule has 1 aromatic rings. The van der Waals surface area contributed by atoms with Crippen molar-refractivity contribution in [3.63, 3.8) is 0 Å². The largest absolute Gasteiger partial charge is 0.490 e. The Labute approximate surface area is 114 Å². The van der Waals surface area contributed by atoms with Gasteiger partial charge in [0.15, 0.2) is 11.5 Å². The lowest BCUT2D eigenvalue weighted by atomic mass is 10.1. The second-order valence-electron chi connectivity index (χ2n) is 4.97. The van der Waals surface area contributed by atoms with Gasteiger partial charge in [0.2, 0.25) is 0 Å². The standard InChI is InChI=1S/C15H23NO3/c1-3-11(2)16-13(10-17)12-5-6-14-15(9-12)19-8-4-7-18-14/h5-6,9,11,13,16-17H,3-4,7-8,10H2,1-2H3. The molecule has 2 unspecified atom stereocenters. The first-order chi connectivity index (χ1) is 9.24. The van der Waals surface area contributed by atoms with Gasteiger partial charge in [-0.2, -0.15) is 0 Å². The van der Waals surface area contributed by atoms with Crippen LogP contribution in [0.4, 0.5) is 0 Å². The summed E-state index contributed by atoms with van der Waals surface area (Å²) in [6.45, 7) is 5.69. The zero-order valence-electron chi connectivity index (χ0n) is 11.7. The van der Waals surface area contributed by atoms with Crippen LogP contribution in [0.1, 0.15) is 38.3 Å².